The maximum absolute atomic E-state index is 12.7. The van der Waals surface area contributed by atoms with Gasteiger partial charge >= 0.3 is 12.2 Å². The van der Waals surface area contributed by atoms with E-state index in [-0.39, 0.29) is 11.1 Å². The van der Waals surface area contributed by atoms with Crippen molar-refractivity contribution in [2.75, 3.05) is 31.1 Å². The Kier molecular flexibility index (Phi) is 5.81. The first-order chi connectivity index (χ1) is 12.8. The summed E-state index contributed by atoms with van der Waals surface area (Å²) in [6.07, 6.45) is -3.70. The molecule has 2 amide bonds. The van der Waals surface area contributed by atoms with Gasteiger partial charge in [0.25, 0.3) is 0 Å². The van der Waals surface area contributed by atoms with Gasteiger partial charge in [0, 0.05) is 37.3 Å². The lowest BCUT2D eigenvalue weighted by atomic mass is 10.2. The molecule has 0 aromatic carbocycles. The Bertz CT molecular complexity index is 819. The molecule has 0 atom stereocenters. The van der Waals surface area contributed by atoms with Crippen molar-refractivity contribution in [3.05, 3.63) is 44.7 Å². The number of rotatable bonds is 3. The van der Waals surface area contributed by atoms with E-state index in [1.54, 1.807) is 21.1 Å². The minimum absolute atomic E-state index is 0.0455. The molecule has 1 aliphatic rings. The van der Waals surface area contributed by atoms with Crippen molar-refractivity contribution in [2.24, 2.45) is 0 Å². The van der Waals surface area contributed by atoms with E-state index in [1.165, 1.54) is 0 Å². The first-order valence-electron chi connectivity index (χ1n) is 8.29. The number of hydrogen-bond acceptors (Lipinski definition) is 4. The number of hydrogen-bond donors (Lipinski definition) is 1. The lowest BCUT2D eigenvalue weighted by molar-refractivity contribution is -0.137. The Labute approximate surface area is 163 Å². The number of thiophene rings is 1. The van der Waals surface area contributed by atoms with Crippen LogP contribution in [0.3, 0.4) is 0 Å². The molecule has 3 heterocycles. The van der Waals surface area contributed by atoms with Crippen molar-refractivity contribution in [1.29, 1.82) is 0 Å². The predicted molar refractivity (Wildman–Crippen MR) is 99.3 cm³/mol. The lowest BCUT2D eigenvalue weighted by Gasteiger charge is -2.35. The summed E-state index contributed by atoms with van der Waals surface area (Å²) in [6, 6.07) is 2.73. The first-order valence-corrected chi connectivity index (χ1v) is 9.55. The molecule has 5 nitrogen and oxygen atoms in total. The fraction of sp³-hybridized carbons (Fsp3) is 0.412. The summed E-state index contributed by atoms with van der Waals surface area (Å²) in [5.74, 6) is 0.305. The van der Waals surface area contributed by atoms with E-state index >= 15 is 0 Å². The largest absolute Gasteiger partial charge is 0.417 e. The molecule has 0 aliphatic carbocycles. The molecule has 0 saturated carbocycles. The Hall–Kier alpha value is -2.00. The zero-order valence-corrected chi connectivity index (χ0v) is 16.1. The molecule has 2 aromatic rings. The normalized spacial score (nSPS) is 15.1. The zero-order chi connectivity index (χ0) is 19.6. The summed E-state index contributed by atoms with van der Waals surface area (Å²) in [5.41, 5.74) is 0.270. The standard InChI is InChI=1S/C17H18ClF3N4OS/c1-11-2-7-27-14(11)10-23-16(26)25-5-3-24(4-6-25)15-13(18)8-12(9-22-15)17(19,20)21/h2,7-9H,3-6,10H2,1H3,(H,23,26). The molecule has 27 heavy (non-hydrogen) atoms. The lowest BCUT2D eigenvalue weighted by Crippen LogP contribution is -2.52. The van der Waals surface area contributed by atoms with Crippen LogP contribution in [0.15, 0.2) is 23.7 Å². The molecule has 0 unspecified atom stereocenters. The maximum atomic E-state index is 12.7. The number of halogens is 4. The zero-order valence-electron chi connectivity index (χ0n) is 14.5. The molecule has 0 spiro atoms. The van der Waals surface area contributed by atoms with E-state index in [2.05, 4.69) is 10.3 Å². The Balaban J connectivity index is 1.55. The van der Waals surface area contributed by atoms with Gasteiger partial charge in [0.05, 0.1) is 17.1 Å². The highest BCUT2D eigenvalue weighted by Crippen LogP contribution is 2.33. The van der Waals surface area contributed by atoms with Crippen LogP contribution >= 0.6 is 22.9 Å². The van der Waals surface area contributed by atoms with E-state index in [9.17, 15) is 18.0 Å². The molecule has 1 saturated heterocycles. The Morgan fingerprint density at radius 1 is 1.33 bits per heavy atom. The van der Waals surface area contributed by atoms with Crippen molar-refractivity contribution >= 4 is 34.8 Å². The number of carbonyl (C=O) groups excluding carboxylic acids is 1. The van der Waals surface area contributed by atoms with Crippen LogP contribution in [0.2, 0.25) is 5.02 Å². The molecule has 1 aliphatic heterocycles. The van der Waals surface area contributed by atoms with Gasteiger partial charge in [0.2, 0.25) is 0 Å². The molecule has 2 aromatic heterocycles. The number of pyridine rings is 1. The highest BCUT2D eigenvalue weighted by atomic mass is 35.5. The minimum atomic E-state index is -4.48. The number of anilines is 1. The van der Waals surface area contributed by atoms with Gasteiger partial charge in [0.15, 0.2) is 0 Å². The van der Waals surface area contributed by atoms with Gasteiger partial charge in [0.1, 0.15) is 5.82 Å². The second-order valence-electron chi connectivity index (χ2n) is 6.19. The Morgan fingerprint density at radius 2 is 2.04 bits per heavy atom. The van der Waals surface area contributed by atoms with Gasteiger partial charge in [-0.3, -0.25) is 0 Å². The third-order valence-electron chi connectivity index (χ3n) is 4.38. The molecule has 3 rings (SSSR count). The van der Waals surface area contributed by atoms with E-state index < -0.39 is 11.7 Å². The third kappa shape index (κ3) is 4.65. The van der Waals surface area contributed by atoms with E-state index in [0.29, 0.717) is 38.5 Å². The number of carbonyl (C=O) groups is 1. The molecule has 0 bridgehead atoms. The van der Waals surface area contributed by atoms with Crippen LogP contribution < -0.4 is 10.2 Å². The van der Waals surface area contributed by atoms with Crippen molar-refractivity contribution in [2.45, 2.75) is 19.6 Å². The second-order valence-corrected chi connectivity index (χ2v) is 7.59. The van der Waals surface area contributed by atoms with Crippen molar-refractivity contribution < 1.29 is 18.0 Å². The average molecular weight is 419 g/mol. The molecule has 10 heteroatoms. The molecular formula is C17H18ClF3N4OS. The van der Waals surface area contributed by atoms with Gasteiger partial charge in [-0.2, -0.15) is 13.2 Å². The SMILES string of the molecule is Cc1ccsc1CNC(=O)N1CCN(c2ncc(C(F)(F)F)cc2Cl)CC1. The van der Waals surface area contributed by atoms with Crippen LogP contribution in [-0.4, -0.2) is 42.1 Å². The molecule has 0 radical (unpaired) electrons. The van der Waals surface area contributed by atoms with Gasteiger partial charge in [-0.1, -0.05) is 11.6 Å². The number of nitrogens with one attached hydrogen (secondary N) is 1. The number of piperazine rings is 1. The summed E-state index contributed by atoms with van der Waals surface area (Å²) in [5, 5.41) is 4.83. The van der Waals surface area contributed by atoms with Gasteiger partial charge < -0.3 is 15.1 Å². The Morgan fingerprint density at radius 3 is 2.59 bits per heavy atom. The monoisotopic (exact) mass is 418 g/mol. The fourth-order valence-electron chi connectivity index (χ4n) is 2.79. The minimum Gasteiger partial charge on any atom is -0.352 e. The molecule has 146 valence electrons. The summed E-state index contributed by atoms with van der Waals surface area (Å²) < 4.78 is 38.2. The van der Waals surface area contributed by atoms with Crippen molar-refractivity contribution in [1.82, 2.24) is 15.2 Å². The van der Waals surface area contributed by atoms with Crippen LogP contribution in [0.4, 0.5) is 23.8 Å². The summed E-state index contributed by atoms with van der Waals surface area (Å²) in [7, 11) is 0. The van der Waals surface area contributed by atoms with Gasteiger partial charge in [-0.05, 0) is 30.0 Å². The number of urea groups is 1. The maximum Gasteiger partial charge on any atom is 0.417 e. The third-order valence-corrected chi connectivity index (χ3v) is 5.68. The molecular weight excluding hydrogens is 401 g/mol. The van der Waals surface area contributed by atoms with Gasteiger partial charge in [-0.15, -0.1) is 11.3 Å². The number of nitrogens with zero attached hydrogens (tertiary/aromatic N) is 3. The van der Waals surface area contributed by atoms with Gasteiger partial charge in [-0.25, -0.2) is 9.78 Å². The first kappa shape index (κ1) is 19.8. The predicted octanol–water partition coefficient (Wildman–Crippen LogP) is 4.16. The van der Waals surface area contributed by atoms with Crippen LogP contribution in [-0.2, 0) is 12.7 Å². The number of alkyl halides is 3. The number of aromatic nitrogens is 1. The topological polar surface area (TPSA) is 48.5 Å². The highest BCUT2D eigenvalue weighted by molar-refractivity contribution is 7.10. The number of aryl methyl sites for hydroxylation is 1. The summed E-state index contributed by atoms with van der Waals surface area (Å²) >= 11 is 7.59. The van der Waals surface area contributed by atoms with Crippen LogP contribution in [0, 0.1) is 6.92 Å². The second kappa shape index (κ2) is 7.93. The fourth-order valence-corrected chi connectivity index (χ4v) is 3.92. The van der Waals surface area contributed by atoms with E-state index in [4.69, 9.17) is 11.6 Å². The quantitative estimate of drug-likeness (QED) is 0.814. The van der Waals surface area contributed by atoms with Crippen molar-refractivity contribution in [3.63, 3.8) is 0 Å². The van der Waals surface area contributed by atoms with Crippen LogP contribution in [0.5, 0.6) is 0 Å². The average Bonchev–Trinajstić information content (AvgIpc) is 3.04. The van der Waals surface area contributed by atoms with Crippen molar-refractivity contribution in [3.8, 4) is 0 Å². The number of amides is 2. The van der Waals surface area contributed by atoms with Crippen LogP contribution in [0.1, 0.15) is 16.0 Å². The molecule has 1 N–H and O–H groups in total. The molecule has 1 fully saturated rings. The summed E-state index contributed by atoms with van der Waals surface area (Å²) in [4.78, 5) is 20.8. The smallest absolute Gasteiger partial charge is 0.352 e. The summed E-state index contributed by atoms with van der Waals surface area (Å²) in [6.45, 7) is 4.25. The van der Waals surface area contributed by atoms with E-state index in [1.807, 2.05) is 18.4 Å². The van der Waals surface area contributed by atoms with E-state index in [0.717, 1.165) is 22.7 Å². The highest BCUT2D eigenvalue weighted by Gasteiger charge is 2.32. The van der Waals surface area contributed by atoms with Crippen LogP contribution in [0.25, 0.3) is 0 Å².